The van der Waals surface area contributed by atoms with Crippen molar-refractivity contribution >= 4 is 5.97 Å². The Hall–Kier alpha value is -2.32. The van der Waals surface area contributed by atoms with E-state index in [1.165, 1.54) is 5.56 Å². The summed E-state index contributed by atoms with van der Waals surface area (Å²) >= 11 is 0. The van der Waals surface area contributed by atoms with Gasteiger partial charge in [0.1, 0.15) is 5.76 Å². The summed E-state index contributed by atoms with van der Waals surface area (Å²) in [5.74, 6) is -1.36. The summed E-state index contributed by atoms with van der Waals surface area (Å²) in [7, 11) is 2.24. The van der Waals surface area contributed by atoms with E-state index in [1.54, 1.807) is 6.26 Å². The molecule has 1 aromatic heterocycles. The Labute approximate surface area is 168 Å². The molecule has 0 saturated carbocycles. The lowest BCUT2D eigenvalue weighted by molar-refractivity contribution is -0.192. The van der Waals surface area contributed by atoms with Crippen molar-refractivity contribution < 1.29 is 32.2 Å². The first-order chi connectivity index (χ1) is 13.8. The molecule has 1 aromatic carbocycles. The van der Waals surface area contributed by atoms with Crippen LogP contribution in [0.4, 0.5) is 13.2 Å². The van der Waals surface area contributed by atoms with Crippen LogP contribution in [0.3, 0.4) is 0 Å². The van der Waals surface area contributed by atoms with Crippen LogP contribution in [0.2, 0.25) is 0 Å². The fourth-order valence-electron chi connectivity index (χ4n) is 3.29. The third-order valence-corrected chi connectivity index (χ3v) is 4.92. The summed E-state index contributed by atoms with van der Waals surface area (Å²) < 4.78 is 42.9. The summed E-state index contributed by atoms with van der Waals surface area (Å²) in [5, 5.41) is 7.12. The second-order valence-corrected chi connectivity index (χ2v) is 6.89. The first-order valence-electron chi connectivity index (χ1n) is 9.45. The van der Waals surface area contributed by atoms with E-state index >= 15 is 0 Å². The van der Waals surface area contributed by atoms with Crippen molar-refractivity contribution in [2.45, 2.75) is 37.4 Å². The number of furan rings is 1. The summed E-state index contributed by atoms with van der Waals surface area (Å²) in [6.07, 6.45) is 0.0549. The molecule has 1 unspecified atom stereocenters. The zero-order valence-corrected chi connectivity index (χ0v) is 16.3. The molecule has 1 saturated heterocycles. The van der Waals surface area contributed by atoms with Crippen LogP contribution >= 0.6 is 0 Å². The number of alkyl halides is 3. The van der Waals surface area contributed by atoms with Crippen molar-refractivity contribution in [2.75, 3.05) is 26.8 Å². The van der Waals surface area contributed by atoms with Crippen LogP contribution in [0.1, 0.15) is 36.5 Å². The summed E-state index contributed by atoms with van der Waals surface area (Å²) in [4.78, 5) is 11.4. The van der Waals surface area contributed by atoms with E-state index in [0.29, 0.717) is 12.0 Å². The molecule has 0 aliphatic carbocycles. The molecule has 5 nitrogen and oxygen atoms in total. The number of ether oxygens (including phenoxy) is 1. The first-order valence-corrected chi connectivity index (χ1v) is 9.45. The Morgan fingerprint density at radius 3 is 2.31 bits per heavy atom. The topological polar surface area (TPSA) is 62.9 Å². The zero-order valence-electron chi connectivity index (χ0n) is 16.3. The maximum atomic E-state index is 10.6. The van der Waals surface area contributed by atoms with Crippen LogP contribution in [-0.2, 0) is 9.53 Å². The van der Waals surface area contributed by atoms with Crippen LogP contribution in [0, 0.1) is 0 Å². The normalized spacial score (nSPS) is 16.2. The lowest BCUT2D eigenvalue weighted by atomic mass is 9.92. The summed E-state index contributed by atoms with van der Waals surface area (Å²) in [6, 6.07) is 15.4. The van der Waals surface area contributed by atoms with Gasteiger partial charge in [0.25, 0.3) is 0 Å². The highest BCUT2D eigenvalue weighted by atomic mass is 19.4. The minimum absolute atomic E-state index is 0.332. The SMILES string of the molecule is CN(CCC(c1ccccc1)c1ccco1)C1CCOCC1.O=C(O)C(F)(F)F. The number of halogens is 3. The van der Waals surface area contributed by atoms with Crippen molar-refractivity contribution in [3.63, 3.8) is 0 Å². The third-order valence-electron chi connectivity index (χ3n) is 4.92. The van der Waals surface area contributed by atoms with E-state index in [4.69, 9.17) is 19.1 Å². The highest BCUT2D eigenvalue weighted by Crippen LogP contribution is 2.29. The van der Waals surface area contributed by atoms with Crippen molar-refractivity contribution in [1.29, 1.82) is 0 Å². The number of rotatable bonds is 6. The highest BCUT2D eigenvalue weighted by Gasteiger charge is 2.38. The van der Waals surface area contributed by atoms with Gasteiger partial charge in [-0.3, -0.25) is 0 Å². The fourth-order valence-corrected chi connectivity index (χ4v) is 3.29. The quantitative estimate of drug-likeness (QED) is 0.753. The predicted octanol–water partition coefficient (Wildman–Crippen LogP) is 4.55. The minimum atomic E-state index is -5.08. The molecule has 0 radical (unpaired) electrons. The maximum absolute atomic E-state index is 10.6. The Morgan fingerprint density at radius 1 is 1.17 bits per heavy atom. The summed E-state index contributed by atoms with van der Waals surface area (Å²) in [6.45, 7) is 2.87. The Morgan fingerprint density at radius 2 is 1.79 bits per heavy atom. The van der Waals surface area contributed by atoms with Gasteiger partial charge in [0.15, 0.2) is 0 Å². The standard InChI is InChI=1S/C19H25NO2.C2HF3O2/c1-20(17-10-14-21-15-11-17)12-9-18(19-8-5-13-22-19)16-6-3-2-4-7-16;3-2(4,5)1(6)7/h2-8,13,17-18H,9-12,14-15H2,1H3;(H,6,7). The van der Waals surface area contributed by atoms with Crippen molar-refractivity contribution in [2.24, 2.45) is 0 Å². The smallest absolute Gasteiger partial charge is 0.475 e. The molecule has 1 aliphatic rings. The number of hydrogen-bond acceptors (Lipinski definition) is 4. The third kappa shape index (κ3) is 7.55. The molecule has 29 heavy (non-hydrogen) atoms. The number of carbonyl (C=O) groups is 1. The molecule has 3 rings (SSSR count). The molecule has 1 atom stereocenters. The molecule has 8 heteroatoms. The zero-order chi connectivity index (χ0) is 21.3. The molecule has 1 N–H and O–H groups in total. The molecular formula is C21H26F3NO4. The maximum Gasteiger partial charge on any atom is 0.490 e. The molecule has 2 heterocycles. The van der Waals surface area contributed by atoms with Gasteiger partial charge in [0.2, 0.25) is 0 Å². The number of nitrogens with zero attached hydrogens (tertiary/aromatic N) is 1. The van der Waals surface area contributed by atoms with Crippen molar-refractivity contribution in [1.82, 2.24) is 4.90 Å². The Bertz CT molecular complexity index is 713. The molecular weight excluding hydrogens is 387 g/mol. The largest absolute Gasteiger partial charge is 0.490 e. The van der Waals surface area contributed by atoms with E-state index in [2.05, 4.69) is 48.3 Å². The Kier molecular flexibility index (Phi) is 8.72. The predicted molar refractivity (Wildman–Crippen MR) is 102 cm³/mol. The number of aliphatic carboxylic acids is 1. The summed E-state index contributed by atoms with van der Waals surface area (Å²) in [5.41, 5.74) is 1.33. The van der Waals surface area contributed by atoms with E-state index in [1.807, 2.05) is 6.07 Å². The second-order valence-electron chi connectivity index (χ2n) is 6.89. The number of carboxylic acids is 1. The molecule has 2 aromatic rings. The Balaban J connectivity index is 0.000000370. The fraction of sp³-hybridized carbons (Fsp3) is 0.476. The van der Waals surface area contributed by atoms with Crippen molar-refractivity contribution in [3.05, 3.63) is 60.1 Å². The van der Waals surface area contributed by atoms with E-state index in [-0.39, 0.29) is 0 Å². The second kappa shape index (κ2) is 11.0. The van der Waals surface area contributed by atoms with Crippen LogP contribution in [0.5, 0.6) is 0 Å². The molecule has 1 fully saturated rings. The van der Waals surface area contributed by atoms with Gasteiger partial charge in [-0.2, -0.15) is 13.2 Å². The lowest BCUT2D eigenvalue weighted by Crippen LogP contribution is -2.37. The van der Waals surface area contributed by atoms with E-state index < -0.39 is 12.1 Å². The number of hydrogen-bond donors (Lipinski definition) is 1. The van der Waals surface area contributed by atoms with Gasteiger partial charge in [-0.25, -0.2) is 4.79 Å². The molecule has 0 spiro atoms. The van der Waals surface area contributed by atoms with Crippen LogP contribution < -0.4 is 0 Å². The minimum Gasteiger partial charge on any atom is -0.475 e. The average molecular weight is 413 g/mol. The molecule has 1 aliphatic heterocycles. The highest BCUT2D eigenvalue weighted by molar-refractivity contribution is 5.73. The number of carboxylic acid groups (broad SMARTS) is 1. The number of benzene rings is 1. The van der Waals surface area contributed by atoms with Gasteiger partial charge in [0, 0.05) is 25.2 Å². The average Bonchev–Trinajstić information content (AvgIpc) is 3.24. The van der Waals surface area contributed by atoms with E-state index in [9.17, 15) is 13.2 Å². The van der Waals surface area contributed by atoms with Gasteiger partial charge >= 0.3 is 12.1 Å². The lowest BCUT2D eigenvalue weighted by Gasteiger charge is -2.32. The molecule has 0 bridgehead atoms. The first kappa shape index (κ1) is 23.0. The monoisotopic (exact) mass is 413 g/mol. The van der Waals surface area contributed by atoms with Crippen LogP contribution in [-0.4, -0.2) is 55.0 Å². The van der Waals surface area contributed by atoms with Gasteiger partial charge in [-0.15, -0.1) is 0 Å². The van der Waals surface area contributed by atoms with Crippen LogP contribution in [0.15, 0.2) is 53.1 Å². The van der Waals surface area contributed by atoms with Crippen LogP contribution in [0.25, 0.3) is 0 Å². The van der Waals surface area contributed by atoms with Gasteiger partial charge in [0.05, 0.1) is 6.26 Å². The van der Waals surface area contributed by atoms with Gasteiger partial charge in [-0.1, -0.05) is 30.3 Å². The van der Waals surface area contributed by atoms with E-state index in [0.717, 1.165) is 44.8 Å². The molecule has 160 valence electrons. The van der Waals surface area contributed by atoms with Gasteiger partial charge < -0.3 is 19.2 Å². The van der Waals surface area contributed by atoms with Crippen molar-refractivity contribution in [3.8, 4) is 0 Å². The molecule has 0 amide bonds. The van der Waals surface area contributed by atoms with Gasteiger partial charge in [-0.05, 0) is 50.6 Å².